The van der Waals surface area contributed by atoms with Gasteiger partial charge in [-0.05, 0) is 83.0 Å². The summed E-state index contributed by atoms with van der Waals surface area (Å²) >= 11 is 0. The van der Waals surface area contributed by atoms with Gasteiger partial charge in [-0.2, -0.15) is 0 Å². The molecule has 19 heteroatoms. The Morgan fingerprint density at radius 2 is 0.568 bits per heavy atom. The van der Waals surface area contributed by atoms with Crippen molar-refractivity contribution in [1.82, 2.24) is 0 Å². The van der Waals surface area contributed by atoms with E-state index in [1.807, 2.05) is 0 Å². The van der Waals surface area contributed by atoms with Crippen LogP contribution in [0.15, 0.2) is 48.6 Å². The van der Waals surface area contributed by atoms with Gasteiger partial charge in [-0.15, -0.1) is 0 Å². The molecule has 0 spiro atoms. The van der Waals surface area contributed by atoms with Crippen LogP contribution in [0.1, 0.15) is 349 Å². The van der Waals surface area contributed by atoms with E-state index in [4.69, 9.17) is 37.0 Å². The van der Waals surface area contributed by atoms with Gasteiger partial charge in [0.05, 0.1) is 26.4 Å². The number of unbranched alkanes of at least 4 members (excludes halogenated alkanes) is 38. The Balaban J connectivity index is 5.32. The Bertz CT molecular complexity index is 2010. The van der Waals surface area contributed by atoms with Gasteiger partial charge in [0, 0.05) is 25.7 Å². The highest BCUT2D eigenvalue weighted by atomic mass is 31.2. The maximum atomic E-state index is 13.1. The smallest absolute Gasteiger partial charge is 0.462 e. The fourth-order valence-corrected chi connectivity index (χ4v) is 12.2. The van der Waals surface area contributed by atoms with Gasteiger partial charge in [0.2, 0.25) is 0 Å². The molecular formula is C76H140O17P2. The number of carbonyl (C=O) groups excluding carboxylic acids is 4. The lowest BCUT2D eigenvalue weighted by molar-refractivity contribution is -0.161. The molecule has 5 atom stereocenters. The molecule has 0 aromatic heterocycles. The highest BCUT2D eigenvalue weighted by molar-refractivity contribution is 7.47. The van der Waals surface area contributed by atoms with Gasteiger partial charge in [-0.3, -0.25) is 37.3 Å². The maximum absolute atomic E-state index is 13.1. The highest BCUT2D eigenvalue weighted by Crippen LogP contribution is 2.45. The predicted molar refractivity (Wildman–Crippen MR) is 386 cm³/mol. The van der Waals surface area contributed by atoms with E-state index in [1.165, 1.54) is 135 Å². The molecule has 0 fully saturated rings. The van der Waals surface area contributed by atoms with Gasteiger partial charge in [-0.1, -0.05) is 295 Å². The molecule has 0 aliphatic rings. The number of aliphatic hydroxyl groups excluding tert-OH is 1. The van der Waals surface area contributed by atoms with Crippen LogP contribution in [0.3, 0.4) is 0 Å². The zero-order valence-electron chi connectivity index (χ0n) is 60.8. The first-order valence-corrected chi connectivity index (χ1v) is 41.3. The van der Waals surface area contributed by atoms with Crippen LogP contribution in [-0.2, 0) is 65.4 Å². The molecule has 0 aromatic carbocycles. The number of aliphatic hydroxyl groups is 1. The monoisotopic (exact) mass is 1390 g/mol. The molecule has 0 aliphatic carbocycles. The zero-order chi connectivity index (χ0) is 69.8. The molecule has 2 unspecified atom stereocenters. The van der Waals surface area contributed by atoms with Gasteiger partial charge in [0.25, 0.3) is 0 Å². The normalized spacial score (nSPS) is 14.3. The number of phosphoric acid groups is 2. The van der Waals surface area contributed by atoms with Crippen molar-refractivity contribution in [3.8, 4) is 0 Å². The third-order valence-electron chi connectivity index (χ3n) is 16.5. The number of carbonyl (C=O) groups is 4. The Morgan fingerprint density at radius 1 is 0.326 bits per heavy atom. The number of rotatable bonds is 72. The van der Waals surface area contributed by atoms with Crippen LogP contribution in [0, 0.1) is 5.92 Å². The van der Waals surface area contributed by atoms with Crippen molar-refractivity contribution in [3.63, 3.8) is 0 Å². The fourth-order valence-electron chi connectivity index (χ4n) is 10.6. The Hall–Kier alpha value is -2.98. The summed E-state index contributed by atoms with van der Waals surface area (Å²) in [6.07, 6.45) is 62.7. The first-order chi connectivity index (χ1) is 46.0. The van der Waals surface area contributed by atoms with Crippen molar-refractivity contribution >= 4 is 39.5 Å². The molecule has 0 aromatic rings. The average Bonchev–Trinajstić information content (AvgIpc) is 1.44. The van der Waals surface area contributed by atoms with Gasteiger partial charge in [-0.25, -0.2) is 9.13 Å². The molecule has 556 valence electrons. The van der Waals surface area contributed by atoms with Crippen molar-refractivity contribution in [2.24, 2.45) is 5.92 Å². The zero-order valence-corrected chi connectivity index (χ0v) is 62.6. The topological polar surface area (TPSA) is 237 Å². The summed E-state index contributed by atoms with van der Waals surface area (Å²) in [6, 6.07) is 0. The van der Waals surface area contributed by atoms with Crippen molar-refractivity contribution in [2.45, 2.75) is 368 Å². The minimum absolute atomic E-state index is 0.0782. The standard InChI is InChI=1S/C76H140O17P2/c1-6-9-12-15-18-21-24-27-30-33-36-39-44-49-54-59-73(78)86-65-71(92-75(80)61-56-51-45-40-37-34-31-28-25-22-19-16-13-10-7-2)67-90-94(82,83)88-63-70(77)64-89-95(84,85)91-68-72(66-87-74(79)60-55-50-47-42-43-48-53-58-69(4)5)93-76(81)62-57-52-46-41-38-35-32-29-26-23-20-17-14-11-8-3/h21-22,24-25,27-28,30-31,69-72,77H,6-20,23,26,29,32-68H2,1-5H3,(H,82,83)(H,84,85)/b24-21-,25-22-,30-27-,31-28-/t70-,71-,72-/m1/s1. The second kappa shape index (κ2) is 68.2. The van der Waals surface area contributed by atoms with Crippen LogP contribution >= 0.6 is 15.6 Å². The third kappa shape index (κ3) is 69.3. The van der Waals surface area contributed by atoms with Crippen LogP contribution in [0.4, 0.5) is 0 Å². The van der Waals surface area contributed by atoms with E-state index in [1.54, 1.807) is 0 Å². The van der Waals surface area contributed by atoms with E-state index in [2.05, 4.69) is 83.2 Å². The lowest BCUT2D eigenvalue weighted by Crippen LogP contribution is -2.30. The van der Waals surface area contributed by atoms with Crippen LogP contribution in [-0.4, -0.2) is 96.7 Å². The van der Waals surface area contributed by atoms with Crippen molar-refractivity contribution in [1.29, 1.82) is 0 Å². The van der Waals surface area contributed by atoms with Crippen LogP contribution in [0.5, 0.6) is 0 Å². The minimum atomic E-state index is -4.97. The number of esters is 4. The summed E-state index contributed by atoms with van der Waals surface area (Å²) in [5, 5.41) is 10.6. The van der Waals surface area contributed by atoms with Crippen molar-refractivity contribution in [2.75, 3.05) is 39.6 Å². The second-order valence-electron chi connectivity index (χ2n) is 26.5. The molecule has 3 N–H and O–H groups in total. The lowest BCUT2D eigenvalue weighted by Gasteiger charge is -2.21. The first kappa shape index (κ1) is 92.0. The van der Waals surface area contributed by atoms with Gasteiger partial charge < -0.3 is 33.8 Å². The summed E-state index contributed by atoms with van der Waals surface area (Å²) in [7, 11) is -9.93. The van der Waals surface area contributed by atoms with E-state index in [-0.39, 0.29) is 25.7 Å². The molecule has 0 saturated carbocycles. The van der Waals surface area contributed by atoms with Crippen molar-refractivity contribution in [3.05, 3.63) is 48.6 Å². The third-order valence-corrected chi connectivity index (χ3v) is 18.4. The molecule has 95 heavy (non-hydrogen) atoms. The van der Waals surface area contributed by atoms with E-state index in [0.717, 1.165) is 128 Å². The number of hydrogen-bond acceptors (Lipinski definition) is 15. The molecule has 0 saturated heterocycles. The SMILES string of the molecule is CCCCCC/C=C\C=C/CCCCCCCC(=O)OC[C@H](COP(=O)(O)OC[C@@H](O)COP(=O)(O)OC[C@@H](COC(=O)CCCCCCCCCC(C)C)OC(=O)CCCCCCCCCCCCCCCCC)OC(=O)CCCCCCC/C=C\C=C/CCCCCC. The summed E-state index contributed by atoms with van der Waals surface area (Å²) in [6.45, 7) is 7.10. The molecule has 0 rings (SSSR count). The summed E-state index contributed by atoms with van der Waals surface area (Å²) in [5.74, 6) is -1.47. The molecule has 0 amide bonds. The van der Waals surface area contributed by atoms with Crippen molar-refractivity contribution < 1.29 is 80.2 Å². The Morgan fingerprint density at radius 3 is 0.863 bits per heavy atom. The van der Waals surface area contributed by atoms with E-state index in [0.29, 0.717) is 31.6 Å². The fraction of sp³-hybridized carbons (Fsp3) is 0.842. The molecule has 0 heterocycles. The maximum Gasteiger partial charge on any atom is 0.472 e. The van der Waals surface area contributed by atoms with E-state index >= 15 is 0 Å². The highest BCUT2D eigenvalue weighted by Gasteiger charge is 2.30. The minimum Gasteiger partial charge on any atom is -0.462 e. The number of ether oxygens (including phenoxy) is 4. The van der Waals surface area contributed by atoms with Gasteiger partial charge in [0.15, 0.2) is 12.2 Å². The lowest BCUT2D eigenvalue weighted by atomic mass is 10.0. The largest absolute Gasteiger partial charge is 0.472 e. The molecule has 0 radical (unpaired) electrons. The number of allylic oxidation sites excluding steroid dienone is 8. The second-order valence-corrected chi connectivity index (χ2v) is 29.4. The van der Waals surface area contributed by atoms with Crippen LogP contribution in [0.25, 0.3) is 0 Å². The Labute approximate surface area is 578 Å². The Kier molecular flexibility index (Phi) is 66.0. The first-order valence-electron chi connectivity index (χ1n) is 38.3. The van der Waals surface area contributed by atoms with E-state index < -0.39 is 97.5 Å². The molecule has 17 nitrogen and oxygen atoms in total. The summed E-state index contributed by atoms with van der Waals surface area (Å²) in [4.78, 5) is 72.7. The predicted octanol–water partition coefficient (Wildman–Crippen LogP) is 21.6. The average molecular weight is 1390 g/mol. The summed E-state index contributed by atoms with van der Waals surface area (Å²) < 4.78 is 68.4. The number of phosphoric ester groups is 2. The number of hydrogen-bond donors (Lipinski definition) is 3. The van der Waals surface area contributed by atoms with Crippen LogP contribution < -0.4 is 0 Å². The molecular weight excluding hydrogens is 1250 g/mol. The quantitative estimate of drug-likeness (QED) is 0.0169. The van der Waals surface area contributed by atoms with Gasteiger partial charge >= 0.3 is 39.5 Å². The van der Waals surface area contributed by atoms with Crippen LogP contribution in [0.2, 0.25) is 0 Å². The van der Waals surface area contributed by atoms with E-state index in [9.17, 15) is 43.2 Å². The molecule has 0 aliphatic heterocycles. The molecule has 0 bridgehead atoms. The summed E-state index contributed by atoms with van der Waals surface area (Å²) in [5.41, 5.74) is 0. The van der Waals surface area contributed by atoms with Gasteiger partial charge in [0.1, 0.15) is 19.3 Å².